The number of hydrogen-bond donors (Lipinski definition) is 2. The molecule has 2 N–H and O–H groups in total. The monoisotopic (exact) mass is 453 g/mol. The SMILES string of the molecule is CN=C(NCc1cccc(OC(C)C)c1)NCc1ccccc1C.I. The number of guanidine groups is 1. The van der Waals surface area contributed by atoms with Crippen LogP contribution in [0.5, 0.6) is 5.75 Å². The number of halogens is 1. The van der Waals surface area contributed by atoms with Gasteiger partial charge in [-0.15, -0.1) is 24.0 Å². The third kappa shape index (κ3) is 7.34. The van der Waals surface area contributed by atoms with Gasteiger partial charge in [0.15, 0.2) is 5.96 Å². The Labute approximate surface area is 168 Å². The van der Waals surface area contributed by atoms with Gasteiger partial charge in [0.1, 0.15) is 5.75 Å². The lowest BCUT2D eigenvalue weighted by molar-refractivity contribution is 0.242. The van der Waals surface area contributed by atoms with Crippen LogP contribution in [0, 0.1) is 6.92 Å². The molecule has 4 nitrogen and oxygen atoms in total. The van der Waals surface area contributed by atoms with Gasteiger partial charge in [-0.05, 0) is 49.6 Å². The molecular formula is C20H28IN3O. The molecule has 0 aliphatic heterocycles. The van der Waals surface area contributed by atoms with Gasteiger partial charge < -0.3 is 15.4 Å². The Bertz CT molecular complexity index is 686. The van der Waals surface area contributed by atoms with Crippen LogP contribution < -0.4 is 15.4 Å². The zero-order chi connectivity index (χ0) is 17.4. The molecule has 2 aromatic rings. The second-order valence-electron chi connectivity index (χ2n) is 6.02. The highest BCUT2D eigenvalue weighted by Crippen LogP contribution is 2.14. The van der Waals surface area contributed by atoms with E-state index in [0.717, 1.165) is 23.8 Å². The smallest absolute Gasteiger partial charge is 0.191 e. The van der Waals surface area contributed by atoms with Crippen molar-refractivity contribution in [3.63, 3.8) is 0 Å². The summed E-state index contributed by atoms with van der Waals surface area (Å²) in [6.45, 7) is 7.63. The van der Waals surface area contributed by atoms with Crippen LogP contribution in [0.2, 0.25) is 0 Å². The predicted octanol–water partition coefficient (Wildman–Crippen LogP) is 4.27. The van der Waals surface area contributed by atoms with Gasteiger partial charge in [-0.25, -0.2) is 0 Å². The van der Waals surface area contributed by atoms with Crippen LogP contribution in [0.1, 0.15) is 30.5 Å². The van der Waals surface area contributed by atoms with Crippen molar-refractivity contribution in [2.45, 2.75) is 40.0 Å². The third-order valence-electron chi connectivity index (χ3n) is 3.66. The summed E-state index contributed by atoms with van der Waals surface area (Å²) >= 11 is 0. The van der Waals surface area contributed by atoms with Gasteiger partial charge >= 0.3 is 0 Å². The van der Waals surface area contributed by atoms with Crippen LogP contribution in [-0.4, -0.2) is 19.1 Å². The molecular weight excluding hydrogens is 425 g/mol. The maximum Gasteiger partial charge on any atom is 0.191 e. The van der Waals surface area contributed by atoms with Gasteiger partial charge in [0, 0.05) is 20.1 Å². The summed E-state index contributed by atoms with van der Waals surface area (Å²) in [5.74, 6) is 1.68. The zero-order valence-corrected chi connectivity index (χ0v) is 17.7. The molecule has 0 aromatic heterocycles. The van der Waals surface area contributed by atoms with Crippen LogP contribution in [0.4, 0.5) is 0 Å². The Morgan fingerprint density at radius 2 is 1.76 bits per heavy atom. The predicted molar refractivity (Wildman–Crippen MR) is 116 cm³/mol. The van der Waals surface area contributed by atoms with E-state index in [0.29, 0.717) is 6.54 Å². The number of aliphatic imine (C=N–C) groups is 1. The molecule has 2 aromatic carbocycles. The van der Waals surface area contributed by atoms with Gasteiger partial charge in [-0.3, -0.25) is 4.99 Å². The Morgan fingerprint density at radius 3 is 2.44 bits per heavy atom. The molecule has 0 heterocycles. The highest BCUT2D eigenvalue weighted by molar-refractivity contribution is 14.0. The van der Waals surface area contributed by atoms with E-state index in [1.54, 1.807) is 7.05 Å². The lowest BCUT2D eigenvalue weighted by Crippen LogP contribution is -2.36. The third-order valence-corrected chi connectivity index (χ3v) is 3.66. The minimum atomic E-state index is 0. The number of aryl methyl sites for hydroxylation is 1. The lowest BCUT2D eigenvalue weighted by Gasteiger charge is -2.14. The Balaban J connectivity index is 0.00000312. The number of nitrogens with zero attached hydrogens (tertiary/aromatic N) is 1. The number of hydrogen-bond acceptors (Lipinski definition) is 2. The topological polar surface area (TPSA) is 45.7 Å². The summed E-state index contributed by atoms with van der Waals surface area (Å²) in [6.07, 6.45) is 0.178. The van der Waals surface area contributed by atoms with Gasteiger partial charge in [0.05, 0.1) is 6.10 Å². The molecule has 136 valence electrons. The molecule has 0 spiro atoms. The molecule has 5 heteroatoms. The van der Waals surface area contributed by atoms with Crippen molar-refractivity contribution in [3.05, 3.63) is 65.2 Å². The fourth-order valence-electron chi connectivity index (χ4n) is 2.39. The quantitative estimate of drug-likeness (QED) is 0.390. The van der Waals surface area contributed by atoms with Gasteiger partial charge in [0.2, 0.25) is 0 Å². The average Bonchev–Trinajstić information content (AvgIpc) is 2.56. The summed E-state index contributed by atoms with van der Waals surface area (Å²) in [6, 6.07) is 16.5. The summed E-state index contributed by atoms with van der Waals surface area (Å²) in [7, 11) is 1.78. The van der Waals surface area contributed by atoms with Crippen molar-refractivity contribution in [2.24, 2.45) is 4.99 Å². The standard InChI is InChI=1S/C20H27N3O.HI/c1-15(2)24-19-11-7-9-17(12-19)13-22-20(21-4)23-14-18-10-6-5-8-16(18)3;/h5-12,15H,13-14H2,1-4H3,(H2,21,22,23);1H. The van der Waals surface area contributed by atoms with E-state index in [-0.39, 0.29) is 30.1 Å². The largest absolute Gasteiger partial charge is 0.491 e. The van der Waals surface area contributed by atoms with Crippen molar-refractivity contribution in [3.8, 4) is 5.75 Å². The van der Waals surface area contributed by atoms with E-state index >= 15 is 0 Å². The summed E-state index contributed by atoms with van der Waals surface area (Å²) < 4.78 is 5.73. The summed E-state index contributed by atoms with van der Waals surface area (Å²) in [5.41, 5.74) is 3.71. The molecule has 0 unspecified atom stereocenters. The van der Waals surface area contributed by atoms with Crippen molar-refractivity contribution in [1.82, 2.24) is 10.6 Å². The first-order valence-corrected chi connectivity index (χ1v) is 8.33. The normalized spacial score (nSPS) is 11.0. The molecule has 0 fully saturated rings. The molecule has 0 aliphatic carbocycles. The minimum Gasteiger partial charge on any atom is -0.491 e. The lowest BCUT2D eigenvalue weighted by atomic mass is 10.1. The fraction of sp³-hybridized carbons (Fsp3) is 0.350. The molecule has 0 radical (unpaired) electrons. The first kappa shape index (κ1) is 21.3. The van der Waals surface area contributed by atoms with Crippen LogP contribution in [-0.2, 0) is 13.1 Å². The first-order valence-electron chi connectivity index (χ1n) is 8.33. The van der Waals surface area contributed by atoms with Crippen molar-refractivity contribution < 1.29 is 4.74 Å². The van der Waals surface area contributed by atoms with E-state index in [4.69, 9.17) is 4.74 Å². The zero-order valence-electron chi connectivity index (χ0n) is 15.4. The highest BCUT2D eigenvalue weighted by atomic mass is 127. The maximum atomic E-state index is 5.73. The van der Waals surface area contributed by atoms with E-state index in [1.807, 2.05) is 26.0 Å². The van der Waals surface area contributed by atoms with Crippen LogP contribution in [0.15, 0.2) is 53.5 Å². The Hall–Kier alpha value is -1.76. The van der Waals surface area contributed by atoms with E-state index in [2.05, 4.69) is 58.9 Å². The second kappa shape index (κ2) is 11.0. The molecule has 0 bridgehead atoms. The molecule has 2 rings (SSSR count). The molecule has 0 amide bonds. The van der Waals surface area contributed by atoms with Gasteiger partial charge in [0.25, 0.3) is 0 Å². The van der Waals surface area contributed by atoms with Crippen molar-refractivity contribution >= 4 is 29.9 Å². The summed E-state index contributed by atoms with van der Waals surface area (Å²) in [4.78, 5) is 4.28. The number of ether oxygens (including phenoxy) is 1. The molecule has 25 heavy (non-hydrogen) atoms. The molecule has 0 atom stereocenters. The second-order valence-corrected chi connectivity index (χ2v) is 6.02. The first-order chi connectivity index (χ1) is 11.6. The number of benzene rings is 2. The van der Waals surface area contributed by atoms with E-state index < -0.39 is 0 Å². The Morgan fingerprint density at radius 1 is 1.04 bits per heavy atom. The van der Waals surface area contributed by atoms with E-state index in [9.17, 15) is 0 Å². The van der Waals surface area contributed by atoms with E-state index in [1.165, 1.54) is 11.1 Å². The highest BCUT2D eigenvalue weighted by Gasteiger charge is 2.03. The molecule has 0 saturated heterocycles. The van der Waals surface area contributed by atoms with Crippen LogP contribution in [0.3, 0.4) is 0 Å². The van der Waals surface area contributed by atoms with Gasteiger partial charge in [-0.2, -0.15) is 0 Å². The number of nitrogens with one attached hydrogen (secondary N) is 2. The summed E-state index contributed by atoms with van der Waals surface area (Å²) in [5, 5.41) is 6.69. The maximum absolute atomic E-state index is 5.73. The van der Waals surface area contributed by atoms with Crippen LogP contribution in [0.25, 0.3) is 0 Å². The fourth-order valence-corrected chi connectivity index (χ4v) is 2.39. The minimum absolute atomic E-state index is 0. The van der Waals surface area contributed by atoms with Gasteiger partial charge in [-0.1, -0.05) is 36.4 Å². The Kier molecular flexibility index (Phi) is 9.34. The van der Waals surface area contributed by atoms with Crippen LogP contribution >= 0.6 is 24.0 Å². The number of rotatable bonds is 6. The molecule has 0 aliphatic rings. The molecule has 0 saturated carbocycles. The van der Waals surface area contributed by atoms with Crippen molar-refractivity contribution in [2.75, 3.05) is 7.05 Å². The average molecular weight is 453 g/mol. The van der Waals surface area contributed by atoms with Crippen molar-refractivity contribution in [1.29, 1.82) is 0 Å².